The van der Waals surface area contributed by atoms with Crippen LogP contribution in [0, 0.1) is 5.92 Å². The van der Waals surface area contributed by atoms with Gasteiger partial charge in [0.1, 0.15) is 0 Å². The van der Waals surface area contributed by atoms with Gasteiger partial charge in [-0.15, -0.1) is 0 Å². The molecule has 5 nitrogen and oxygen atoms in total. The Hall–Kier alpha value is -1.10. The zero-order valence-corrected chi connectivity index (χ0v) is 10.7. The first kappa shape index (κ1) is 13.3. The number of hydrogen-bond donors (Lipinski definition) is 2. The molecular formula is C13H22N2O3. The molecule has 0 spiro atoms. The van der Waals surface area contributed by atoms with E-state index in [0.717, 1.165) is 19.4 Å². The van der Waals surface area contributed by atoms with E-state index in [1.54, 1.807) is 0 Å². The molecule has 102 valence electrons. The Morgan fingerprint density at radius 3 is 2.61 bits per heavy atom. The van der Waals surface area contributed by atoms with Crippen LogP contribution in [0.4, 0.5) is 0 Å². The molecule has 5 heteroatoms. The second-order valence-corrected chi connectivity index (χ2v) is 5.49. The third-order valence-electron chi connectivity index (χ3n) is 4.24. The first-order chi connectivity index (χ1) is 8.59. The van der Waals surface area contributed by atoms with Crippen molar-refractivity contribution in [3.05, 3.63) is 0 Å². The van der Waals surface area contributed by atoms with E-state index in [9.17, 15) is 9.59 Å². The lowest BCUT2D eigenvalue weighted by atomic mass is 9.78. The highest BCUT2D eigenvalue weighted by atomic mass is 16.4. The molecular weight excluding hydrogens is 232 g/mol. The van der Waals surface area contributed by atoms with Crippen molar-refractivity contribution in [2.24, 2.45) is 11.7 Å². The predicted octanol–water partition coefficient (Wildman–Crippen LogP) is 0.970. The third-order valence-corrected chi connectivity index (χ3v) is 4.24. The highest BCUT2D eigenvalue weighted by Gasteiger charge is 2.37. The summed E-state index contributed by atoms with van der Waals surface area (Å²) in [5, 5.41) is 8.71. The fourth-order valence-corrected chi connectivity index (χ4v) is 3.39. The summed E-state index contributed by atoms with van der Waals surface area (Å²) in [7, 11) is 0. The molecule has 18 heavy (non-hydrogen) atoms. The maximum atomic E-state index is 12.2. The fourth-order valence-electron chi connectivity index (χ4n) is 3.39. The second kappa shape index (κ2) is 5.69. The van der Waals surface area contributed by atoms with Gasteiger partial charge in [-0.25, -0.2) is 0 Å². The normalized spacial score (nSPS) is 29.5. The van der Waals surface area contributed by atoms with Gasteiger partial charge in [0.2, 0.25) is 5.91 Å². The quantitative estimate of drug-likeness (QED) is 0.786. The zero-order valence-electron chi connectivity index (χ0n) is 10.7. The Kier molecular flexibility index (Phi) is 4.22. The number of piperidine rings is 1. The van der Waals surface area contributed by atoms with E-state index in [2.05, 4.69) is 0 Å². The van der Waals surface area contributed by atoms with Gasteiger partial charge in [0, 0.05) is 12.6 Å². The summed E-state index contributed by atoms with van der Waals surface area (Å²) >= 11 is 0. The van der Waals surface area contributed by atoms with Gasteiger partial charge in [-0.3, -0.25) is 9.59 Å². The fraction of sp³-hybridized carbons (Fsp3) is 0.846. The van der Waals surface area contributed by atoms with Crippen molar-refractivity contribution in [2.45, 2.75) is 57.0 Å². The summed E-state index contributed by atoms with van der Waals surface area (Å²) in [5.74, 6) is -0.574. The minimum atomic E-state index is -1.01. The summed E-state index contributed by atoms with van der Waals surface area (Å²) < 4.78 is 0. The summed E-state index contributed by atoms with van der Waals surface area (Å²) in [5.41, 5.74) is 5.70. The summed E-state index contributed by atoms with van der Waals surface area (Å²) in [4.78, 5) is 24.7. The van der Waals surface area contributed by atoms with Gasteiger partial charge in [-0.2, -0.15) is 0 Å². The lowest BCUT2D eigenvalue weighted by molar-refractivity contribution is -0.145. The molecule has 2 fully saturated rings. The SMILES string of the molecule is NC(CC(=O)O)C(=O)N1CCCC2CCCCC21. The monoisotopic (exact) mass is 254 g/mol. The first-order valence-corrected chi connectivity index (χ1v) is 6.87. The average molecular weight is 254 g/mol. The molecule has 0 aromatic rings. The number of rotatable bonds is 3. The minimum absolute atomic E-state index is 0.172. The van der Waals surface area contributed by atoms with Gasteiger partial charge in [-0.05, 0) is 31.6 Å². The van der Waals surface area contributed by atoms with Crippen LogP contribution in [-0.2, 0) is 9.59 Å². The number of carbonyl (C=O) groups excluding carboxylic acids is 1. The highest BCUT2D eigenvalue weighted by Crippen LogP contribution is 2.35. The van der Waals surface area contributed by atoms with Gasteiger partial charge in [-0.1, -0.05) is 12.8 Å². The Bertz CT molecular complexity index is 330. The number of carboxylic acid groups (broad SMARTS) is 1. The van der Waals surface area contributed by atoms with Crippen molar-refractivity contribution in [3.8, 4) is 0 Å². The minimum Gasteiger partial charge on any atom is -0.481 e. The van der Waals surface area contributed by atoms with Crippen molar-refractivity contribution >= 4 is 11.9 Å². The summed E-state index contributed by atoms with van der Waals surface area (Å²) in [6.45, 7) is 0.743. The molecule has 1 heterocycles. The van der Waals surface area contributed by atoms with Gasteiger partial charge in [0.15, 0.2) is 0 Å². The van der Waals surface area contributed by atoms with Gasteiger partial charge < -0.3 is 15.7 Å². The molecule has 0 aromatic heterocycles. The molecule has 1 aliphatic carbocycles. The number of amides is 1. The van der Waals surface area contributed by atoms with Gasteiger partial charge in [0.05, 0.1) is 12.5 Å². The molecule has 1 aliphatic heterocycles. The highest BCUT2D eigenvalue weighted by molar-refractivity contribution is 5.86. The van der Waals surface area contributed by atoms with E-state index in [4.69, 9.17) is 10.8 Å². The Labute approximate surface area is 107 Å². The number of fused-ring (bicyclic) bond motifs is 1. The molecule has 3 atom stereocenters. The number of likely N-dealkylation sites (tertiary alicyclic amines) is 1. The first-order valence-electron chi connectivity index (χ1n) is 6.87. The Morgan fingerprint density at radius 1 is 1.22 bits per heavy atom. The van der Waals surface area contributed by atoms with E-state index in [-0.39, 0.29) is 12.3 Å². The standard InChI is InChI=1S/C13H22N2O3/c14-10(8-12(16)17)13(18)15-7-3-5-9-4-1-2-6-11(9)15/h9-11H,1-8,14H2,(H,16,17). The van der Waals surface area contributed by atoms with Crippen LogP contribution in [0.5, 0.6) is 0 Å². The van der Waals surface area contributed by atoms with Crippen LogP contribution < -0.4 is 5.73 Å². The average Bonchev–Trinajstić information content (AvgIpc) is 2.36. The maximum absolute atomic E-state index is 12.2. The predicted molar refractivity (Wildman–Crippen MR) is 66.9 cm³/mol. The molecule has 1 saturated heterocycles. The van der Waals surface area contributed by atoms with E-state index in [1.165, 1.54) is 25.7 Å². The Morgan fingerprint density at radius 2 is 1.89 bits per heavy atom. The molecule has 3 unspecified atom stereocenters. The van der Waals surface area contributed by atoms with Crippen molar-refractivity contribution < 1.29 is 14.7 Å². The molecule has 1 amide bonds. The molecule has 0 aromatic carbocycles. The van der Waals surface area contributed by atoms with Crippen LogP contribution in [0.1, 0.15) is 44.9 Å². The third kappa shape index (κ3) is 2.83. The lowest BCUT2D eigenvalue weighted by Gasteiger charge is -2.44. The van der Waals surface area contributed by atoms with Gasteiger partial charge >= 0.3 is 5.97 Å². The van der Waals surface area contributed by atoms with Crippen molar-refractivity contribution in [1.29, 1.82) is 0 Å². The number of aliphatic carboxylic acids is 1. The number of nitrogens with zero attached hydrogens (tertiary/aromatic N) is 1. The lowest BCUT2D eigenvalue weighted by Crippen LogP contribution is -2.54. The maximum Gasteiger partial charge on any atom is 0.305 e. The van der Waals surface area contributed by atoms with Crippen LogP contribution in [0.15, 0.2) is 0 Å². The number of carboxylic acids is 1. The van der Waals surface area contributed by atoms with Crippen LogP contribution >= 0.6 is 0 Å². The van der Waals surface area contributed by atoms with Gasteiger partial charge in [0.25, 0.3) is 0 Å². The molecule has 1 saturated carbocycles. The number of carbonyl (C=O) groups is 2. The van der Waals surface area contributed by atoms with Crippen molar-refractivity contribution in [3.63, 3.8) is 0 Å². The molecule has 0 radical (unpaired) electrons. The van der Waals surface area contributed by atoms with E-state index < -0.39 is 12.0 Å². The van der Waals surface area contributed by atoms with Crippen LogP contribution in [-0.4, -0.2) is 40.5 Å². The van der Waals surface area contributed by atoms with Crippen molar-refractivity contribution in [2.75, 3.05) is 6.54 Å². The smallest absolute Gasteiger partial charge is 0.305 e. The molecule has 0 bridgehead atoms. The van der Waals surface area contributed by atoms with Crippen LogP contribution in [0.3, 0.4) is 0 Å². The topological polar surface area (TPSA) is 83.6 Å². The largest absolute Gasteiger partial charge is 0.481 e. The van der Waals surface area contributed by atoms with Crippen molar-refractivity contribution in [1.82, 2.24) is 4.90 Å². The molecule has 3 N–H and O–H groups in total. The zero-order chi connectivity index (χ0) is 13.1. The summed E-state index contributed by atoms with van der Waals surface area (Å²) in [6, 6.07) is -0.581. The van der Waals surface area contributed by atoms with E-state index in [0.29, 0.717) is 12.0 Å². The van der Waals surface area contributed by atoms with Crippen LogP contribution in [0.2, 0.25) is 0 Å². The molecule has 2 aliphatic rings. The number of hydrogen-bond acceptors (Lipinski definition) is 3. The number of nitrogens with two attached hydrogens (primary N) is 1. The summed E-state index contributed by atoms with van der Waals surface area (Å²) in [6.07, 6.45) is 6.62. The van der Waals surface area contributed by atoms with Crippen LogP contribution in [0.25, 0.3) is 0 Å². The van der Waals surface area contributed by atoms with E-state index >= 15 is 0 Å². The molecule has 2 rings (SSSR count). The second-order valence-electron chi connectivity index (χ2n) is 5.49. The van der Waals surface area contributed by atoms with E-state index in [1.807, 2.05) is 4.90 Å². The Balaban J connectivity index is 2.01.